The monoisotopic (exact) mass is 256 g/mol. The van der Waals surface area contributed by atoms with E-state index in [1.807, 2.05) is 0 Å². The lowest BCUT2D eigenvalue weighted by atomic mass is 9.75. The topological polar surface area (TPSA) is 38.7 Å². The number of rotatable bonds is 4. The highest BCUT2D eigenvalue weighted by Crippen LogP contribution is 2.38. The fourth-order valence-corrected chi connectivity index (χ4v) is 3.50. The highest BCUT2D eigenvalue weighted by atomic mass is 16.6. The fourth-order valence-electron chi connectivity index (χ4n) is 3.50. The molecule has 106 valence electrons. The lowest BCUT2D eigenvalue weighted by Gasteiger charge is -2.45. The summed E-state index contributed by atoms with van der Waals surface area (Å²) >= 11 is 0. The molecule has 3 heteroatoms. The third-order valence-corrected chi connectivity index (χ3v) is 4.80. The van der Waals surface area contributed by atoms with E-state index in [2.05, 4.69) is 20.8 Å². The molecule has 0 aromatic rings. The van der Waals surface area contributed by atoms with E-state index in [-0.39, 0.29) is 18.3 Å². The first-order valence-electron chi connectivity index (χ1n) is 7.39. The fraction of sp³-hybridized carbons (Fsp3) is 1.00. The highest BCUT2D eigenvalue weighted by Gasteiger charge is 2.44. The minimum Gasteiger partial charge on any atom is -0.390 e. The Labute approximate surface area is 111 Å². The molecular formula is C15H28O3. The Morgan fingerprint density at radius 3 is 2.39 bits per heavy atom. The van der Waals surface area contributed by atoms with Crippen LogP contribution in [0.4, 0.5) is 0 Å². The van der Waals surface area contributed by atoms with Crippen molar-refractivity contribution >= 4 is 0 Å². The van der Waals surface area contributed by atoms with E-state index in [9.17, 15) is 5.11 Å². The van der Waals surface area contributed by atoms with Gasteiger partial charge in [0.1, 0.15) is 6.10 Å². The summed E-state index contributed by atoms with van der Waals surface area (Å²) in [6, 6.07) is 0. The van der Waals surface area contributed by atoms with E-state index < -0.39 is 0 Å². The first-order chi connectivity index (χ1) is 8.52. The zero-order chi connectivity index (χ0) is 13.3. The number of ether oxygens (including phenoxy) is 2. The van der Waals surface area contributed by atoms with Gasteiger partial charge >= 0.3 is 0 Å². The van der Waals surface area contributed by atoms with Crippen LogP contribution in [0, 0.1) is 17.8 Å². The summed E-state index contributed by atoms with van der Waals surface area (Å²) in [7, 11) is 1.66. The van der Waals surface area contributed by atoms with E-state index in [0.29, 0.717) is 17.9 Å². The molecule has 0 aromatic heterocycles. The molecule has 2 fully saturated rings. The van der Waals surface area contributed by atoms with Gasteiger partial charge in [-0.25, -0.2) is 0 Å². The average Bonchev–Trinajstić information content (AvgIpc) is 2.28. The number of hydrogen-bond acceptors (Lipinski definition) is 3. The zero-order valence-corrected chi connectivity index (χ0v) is 12.1. The predicted octanol–water partition coefficient (Wildman–Crippen LogP) is 2.61. The van der Waals surface area contributed by atoms with Crippen LogP contribution in [0.1, 0.15) is 46.5 Å². The maximum absolute atomic E-state index is 9.63. The third-order valence-electron chi connectivity index (χ3n) is 4.80. The molecule has 0 spiro atoms. The normalized spacial score (nSPS) is 45.0. The molecule has 1 N–H and O–H groups in total. The zero-order valence-electron chi connectivity index (χ0n) is 12.1. The van der Waals surface area contributed by atoms with Crippen LogP contribution in [0.3, 0.4) is 0 Å². The van der Waals surface area contributed by atoms with Gasteiger partial charge in [0, 0.05) is 13.5 Å². The van der Waals surface area contributed by atoms with Crippen LogP contribution in [-0.4, -0.2) is 36.6 Å². The lowest BCUT2D eigenvalue weighted by molar-refractivity contribution is -0.213. The van der Waals surface area contributed by atoms with Gasteiger partial charge in [-0.3, -0.25) is 0 Å². The molecule has 0 aromatic carbocycles. The summed E-state index contributed by atoms with van der Waals surface area (Å²) < 4.78 is 11.6. The molecule has 2 rings (SSSR count). The molecular weight excluding hydrogens is 228 g/mol. The van der Waals surface area contributed by atoms with Gasteiger partial charge in [-0.1, -0.05) is 27.2 Å². The molecule has 6 unspecified atom stereocenters. The molecule has 0 aliphatic heterocycles. The Bertz CT molecular complexity index is 266. The van der Waals surface area contributed by atoms with Gasteiger partial charge < -0.3 is 14.6 Å². The molecule has 0 heterocycles. The quantitative estimate of drug-likeness (QED) is 0.840. The van der Waals surface area contributed by atoms with Crippen LogP contribution in [0.2, 0.25) is 0 Å². The molecule has 3 nitrogen and oxygen atoms in total. The van der Waals surface area contributed by atoms with E-state index >= 15 is 0 Å². The van der Waals surface area contributed by atoms with Crippen molar-refractivity contribution in [1.29, 1.82) is 0 Å². The van der Waals surface area contributed by atoms with E-state index in [1.165, 1.54) is 12.8 Å². The Morgan fingerprint density at radius 2 is 1.83 bits per heavy atom. The maximum atomic E-state index is 9.63. The van der Waals surface area contributed by atoms with Gasteiger partial charge in [-0.05, 0) is 30.6 Å². The largest absolute Gasteiger partial charge is 0.390 e. The number of methoxy groups -OCH3 is 1. The van der Waals surface area contributed by atoms with Gasteiger partial charge in [0.25, 0.3) is 0 Å². The number of hydrogen-bond donors (Lipinski definition) is 1. The average molecular weight is 256 g/mol. The van der Waals surface area contributed by atoms with Crippen LogP contribution in [-0.2, 0) is 9.47 Å². The number of aliphatic hydroxyl groups excluding tert-OH is 1. The second-order valence-corrected chi connectivity index (χ2v) is 6.54. The van der Waals surface area contributed by atoms with Gasteiger partial charge in [-0.15, -0.1) is 0 Å². The third kappa shape index (κ3) is 2.89. The van der Waals surface area contributed by atoms with Gasteiger partial charge in [0.15, 0.2) is 0 Å². The predicted molar refractivity (Wildman–Crippen MR) is 71.4 cm³/mol. The van der Waals surface area contributed by atoms with E-state index in [1.54, 1.807) is 7.11 Å². The van der Waals surface area contributed by atoms with Crippen LogP contribution in [0.25, 0.3) is 0 Å². The SMILES string of the molecule is COC1C(O)CC1OC1CC(C)CCC1C(C)C. The standard InChI is InChI=1S/C15H28O3/c1-9(2)11-6-5-10(3)7-13(11)18-14-8-12(16)15(14)17-4/h9-16H,5-8H2,1-4H3. The van der Waals surface area contributed by atoms with Crippen molar-refractivity contribution in [2.24, 2.45) is 17.8 Å². The first kappa shape index (κ1) is 14.3. The lowest BCUT2D eigenvalue weighted by Crippen LogP contribution is -2.55. The van der Waals surface area contributed by atoms with Gasteiger partial charge in [0.05, 0.1) is 18.3 Å². The smallest absolute Gasteiger partial charge is 0.109 e. The summed E-state index contributed by atoms with van der Waals surface area (Å²) in [5.74, 6) is 2.10. The second kappa shape index (κ2) is 5.89. The molecule has 0 saturated heterocycles. The second-order valence-electron chi connectivity index (χ2n) is 6.54. The highest BCUT2D eigenvalue weighted by molar-refractivity contribution is 4.94. The minimum absolute atomic E-state index is 0.0987. The summed E-state index contributed by atoms with van der Waals surface area (Å²) in [5, 5.41) is 9.63. The van der Waals surface area contributed by atoms with Crippen LogP contribution < -0.4 is 0 Å². The van der Waals surface area contributed by atoms with Crippen molar-refractivity contribution in [3.63, 3.8) is 0 Å². The molecule has 6 atom stereocenters. The summed E-state index contributed by atoms with van der Waals surface area (Å²) in [6.07, 6.45) is 4.49. The molecule has 0 radical (unpaired) electrons. The van der Waals surface area contributed by atoms with Crippen molar-refractivity contribution in [1.82, 2.24) is 0 Å². The first-order valence-corrected chi connectivity index (χ1v) is 7.39. The van der Waals surface area contributed by atoms with E-state index in [4.69, 9.17) is 9.47 Å². The van der Waals surface area contributed by atoms with Crippen molar-refractivity contribution in [3.05, 3.63) is 0 Å². The molecule has 2 aliphatic carbocycles. The van der Waals surface area contributed by atoms with Crippen molar-refractivity contribution in [2.75, 3.05) is 7.11 Å². The summed E-state index contributed by atoms with van der Waals surface area (Å²) in [5.41, 5.74) is 0. The van der Waals surface area contributed by atoms with Crippen LogP contribution in [0.5, 0.6) is 0 Å². The number of aliphatic hydroxyl groups is 1. The minimum atomic E-state index is -0.335. The molecule has 0 amide bonds. The van der Waals surface area contributed by atoms with Crippen molar-refractivity contribution in [3.8, 4) is 0 Å². The van der Waals surface area contributed by atoms with Crippen LogP contribution >= 0.6 is 0 Å². The van der Waals surface area contributed by atoms with Crippen LogP contribution in [0.15, 0.2) is 0 Å². The Morgan fingerprint density at radius 1 is 1.11 bits per heavy atom. The molecule has 2 aliphatic rings. The van der Waals surface area contributed by atoms with Gasteiger partial charge in [0.2, 0.25) is 0 Å². The summed E-state index contributed by atoms with van der Waals surface area (Å²) in [4.78, 5) is 0. The Hall–Kier alpha value is -0.120. The maximum Gasteiger partial charge on any atom is 0.109 e. The van der Waals surface area contributed by atoms with Crippen molar-refractivity contribution < 1.29 is 14.6 Å². The molecule has 18 heavy (non-hydrogen) atoms. The summed E-state index contributed by atoms with van der Waals surface area (Å²) in [6.45, 7) is 6.90. The molecule has 0 bridgehead atoms. The van der Waals surface area contributed by atoms with Gasteiger partial charge in [-0.2, -0.15) is 0 Å². The van der Waals surface area contributed by atoms with Crippen molar-refractivity contribution in [2.45, 2.75) is 70.9 Å². The Kier molecular flexibility index (Phi) is 4.68. The van der Waals surface area contributed by atoms with E-state index in [0.717, 1.165) is 18.8 Å². The Balaban J connectivity index is 1.92. The molecule has 2 saturated carbocycles.